The first-order chi connectivity index (χ1) is 18.0. The molecule has 5 heterocycles. The van der Waals surface area contributed by atoms with E-state index in [2.05, 4.69) is 43.9 Å². The van der Waals surface area contributed by atoms with Crippen LogP contribution in [0.25, 0.3) is 22.4 Å². The number of benzene rings is 1. The van der Waals surface area contributed by atoms with Gasteiger partial charge in [0, 0.05) is 30.9 Å². The third-order valence-electron chi connectivity index (χ3n) is 7.41. The lowest BCUT2D eigenvalue weighted by Gasteiger charge is -2.19. The average Bonchev–Trinajstić information content (AvgIpc) is 3.67. The number of H-pyrrole nitrogens is 2. The van der Waals surface area contributed by atoms with Gasteiger partial charge < -0.3 is 25.1 Å². The summed E-state index contributed by atoms with van der Waals surface area (Å²) in [6.45, 7) is 6.91. The monoisotopic (exact) mass is 516 g/mol. The number of carbonyl (C=O) groups excluding carboxylic acids is 1. The molecule has 3 aromatic heterocycles. The molecule has 0 bridgehead atoms. The highest BCUT2D eigenvalue weighted by molar-refractivity contribution is 7.07. The van der Waals surface area contributed by atoms with Crippen LogP contribution in [0, 0.1) is 0 Å². The molecule has 6 rings (SSSR count). The second-order valence-corrected chi connectivity index (χ2v) is 11.0. The summed E-state index contributed by atoms with van der Waals surface area (Å²) in [7, 11) is 0. The predicted molar refractivity (Wildman–Crippen MR) is 148 cm³/mol. The number of rotatable bonds is 9. The van der Waals surface area contributed by atoms with Gasteiger partial charge in [-0.3, -0.25) is 9.59 Å². The molecule has 2 aliphatic heterocycles. The quantitative estimate of drug-likeness (QED) is 0.305. The summed E-state index contributed by atoms with van der Waals surface area (Å²) in [6, 6.07) is 8.02. The number of hydrogen-bond donors (Lipinski definition) is 3. The van der Waals surface area contributed by atoms with E-state index in [-0.39, 0.29) is 17.5 Å². The number of aromatic amines is 2. The topological polar surface area (TPSA) is 97.1 Å². The van der Waals surface area contributed by atoms with Crippen LogP contribution in [-0.2, 0) is 13.0 Å². The first-order valence-electron chi connectivity index (χ1n) is 13.1. The second kappa shape index (κ2) is 10.1. The number of amides is 1. The SMILES string of the molecule is CC(Cc1ccsc1)Nc1cc[nH]c(=O)c1-c1nc2cc3c(cc2[nH]1)C(=O)N(CCCN1CCCC1)C3. The molecule has 1 amide bonds. The van der Waals surface area contributed by atoms with Crippen LogP contribution in [0.3, 0.4) is 0 Å². The Bertz CT molecular complexity index is 1470. The first-order valence-corrected chi connectivity index (χ1v) is 14.0. The Balaban J connectivity index is 1.21. The minimum absolute atomic E-state index is 0.0802. The van der Waals surface area contributed by atoms with Crippen molar-refractivity contribution in [2.75, 3.05) is 31.5 Å². The molecule has 1 atom stereocenters. The van der Waals surface area contributed by atoms with E-state index in [1.165, 1.54) is 31.5 Å². The van der Waals surface area contributed by atoms with Gasteiger partial charge >= 0.3 is 0 Å². The van der Waals surface area contributed by atoms with Gasteiger partial charge in [-0.05, 0) is 98.4 Å². The van der Waals surface area contributed by atoms with Crippen LogP contribution in [0.4, 0.5) is 5.69 Å². The molecule has 4 aromatic rings. The molecule has 3 N–H and O–H groups in total. The number of pyridine rings is 1. The van der Waals surface area contributed by atoms with E-state index < -0.39 is 0 Å². The maximum absolute atomic E-state index is 13.1. The number of carbonyl (C=O) groups is 1. The van der Waals surface area contributed by atoms with E-state index >= 15 is 0 Å². The van der Waals surface area contributed by atoms with E-state index in [0.29, 0.717) is 17.9 Å². The molecule has 0 saturated carbocycles. The lowest BCUT2D eigenvalue weighted by Crippen LogP contribution is -2.29. The Kier molecular flexibility index (Phi) is 6.56. The average molecular weight is 517 g/mol. The molecule has 192 valence electrons. The number of thiophene rings is 1. The number of likely N-dealkylation sites (tertiary alicyclic amines) is 1. The molecule has 1 saturated heterocycles. The number of aromatic nitrogens is 3. The fourth-order valence-corrected chi connectivity index (χ4v) is 6.26. The number of hydrogen-bond acceptors (Lipinski definition) is 6. The maximum atomic E-state index is 13.1. The van der Waals surface area contributed by atoms with Gasteiger partial charge in [-0.25, -0.2) is 4.98 Å². The summed E-state index contributed by atoms with van der Waals surface area (Å²) < 4.78 is 0. The Morgan fingerprint density at radius 2 is 2.03 bits per heavy atom. The highest BCUT2D eigenvalue weighted by Gasteiger charge is 2.28. The molecule has 37 heavy (non-hydrogen) atoms. The Morgan fingerprint density at radius 1 is 1.16 bits per heavy atom. The normalized spacial score (nSPS) is 16.6. The molecule has 9 heteroatoms. The zero-order valence-electron chi connectivity index (χ0n) is 21.0. The molecule has 2 aliphatic rings. The van der Waals surface area contributed by atoms with Gasteiger partial charge in [0.1, 0.15) is 11.4 Å². The van der Waals surface area contributed by atoms with Gasteiger partial charge in [0.15, 0.2) is 0 Å². The standard InChI is InChI=1S/C28H32N6O2S/c1-18(13-19-6-12-37-17-19)30-22-5-7-29-27(35)25(22)26-31-23-14-20-16-34(11-4-10-33-8-2-3-9-33)28(36)21(20)15-24(23)32-26/h5-7,12,14-15,17-18H,2-4,8-11,13,16H2,1H3,(H,31,32)(H2,29,30,35). The van der Waals surface area contributed by atoms with E-state index in [0.717, 1.165) is 53.8 Å². The Hall–Kier alpha value is -3.43. The van der Waals surface area contributed by atoms with Crippen molar-refractivity contribution in [1.82, 2.24) is 24.8 Å². The van der Waals surface area contributed by atoms with Crippen molar-refractivity contribution in [3.05, 3.63) is 68.3 Å². The minimum Gasteiger partial charge on any atom is -0.381 e. The predicted octanol–water partition coefficient (Wildman–Crippen LogP) is 4.46. The lowest BCUT2D eigenvalue weighted by molar-refractivity contribution is 0.0772. The lowest BCUT2D eigenvalue weighted by atomic mass is 10.1. The number of imidazole rings is 1. The van der Waals surface area contributed by atoms with E-state index in [1.54, 1.807) is 17.5 Å². The van der Waals surface area contributed by atoms with Crippen LogP contribution in [-0.4, -0.2) is 62.9 Å². The third-order valence-corrected chi connectivity index (χ3v) is 8.14. The second-order valence-electron chi connectivity index (χ2n) is 10.2. The molecule has 1 aromatic carbocycles. The Labute approximate surface area is 219 Å². The zero-order chi connectivity index (χ0) is 25.4. The van der Waals surface area contributed by atoms with Gasteiger partial charge in [-0.2, -0.15) is 11.3 Å². The first kappa shape index (κ1) is 23.9. The molecule has 1 fully saturated rings. The van der Waals surface area contributed by atoms with Crippen LogP contribution in [0.15, 0.2) is 46.0 Å². The maximum Gasteiger partial charge on any atom is 0.261 e. The van der Waals surface area contributed by atoms with Crippen molar-refractivity contribution >= 4 is 34.0 Å². The largest absolute Gasteiger partial charge is 0.381 e. The summed E-state index contributed by atoms with van der Waals surface area (Å²) in [5.74, 6) is 0.581. The molecule has 0 spiro atoms. The van der Waals surface area contributed by atoms with Gasteiger partial charge in [0.05, 0.1) is 16.7 Å². The molecular formula is C28H32N6O2S. The smallest absolute Gasteiger partial charge is 0.261 e. The van der Waals surface area contributed by atoms with Crippen molar-refractivity contribution in [2.45, 2.75) is 45.2 Å². The fraction of sp³-hybridized carbons (Fsp3) is 0.393. The minimum atomic E-state index is -0.209. The van der Waals surface area contributed by atoms with Crippen LogP contribution in [0.2, 0.25) is 0 Å². The van der Waals surface area contributed by atoms with E-state index in [9.17, 15) is 9.59 Å². The van der Waals surface area contributed by atoms with Crippen molar-refractivity contribution < 1.29 is 4.79 Å². The zero-order valence-corrected chi connectivity index (χ0v) is 21.9. The van der Waals surface area contributed by atoms with Crippen LogP contribution < -0.4 is 10.9 Å². The van der Waals surface area contributed by atoms with Crippen LogP contribution >= 0.6 is 11.3 Å². The summed E-state index contributed by atoms with van der Waals surface area (Å²) in [5, 5.41) is 7.71. The summed E-state index contributed by atoms with van der Waals surface area (Å²) in [4.78, 5) is 41.3. The molecular weight excluding hydrogens is 484 g/mol. The molecule has 0 aliphatic carbocycles. The number of fused-ring (bicyclic) bond motifs is 2. The molecule has 8 nitrogen and oxygen atoms in total. The van der Waals surface area contributed by atoms with Gasteiger partial charge in [0.2, 0.25) is 0 Å². The number of nitrogens with zero attached hydrogens (tertiary/aromatic N) is 3. The Morgan fingerprint density at radius 3 is 2.84 bits per heavy atom. The van der Waals surface area contributed by atoms with Crippen molar-refractivity contribution in [3.8, 4) is 11.4 Å². The highest BCUT2D eigenvalue weighted by atomic mass is 32.1. The van der Waals surface area contributed by atoms with Gasteiger partial charge in [-0.15, -0.1) is 0 Å². The van der Waals surface area contributed by atoms with Crippen LogP contribution in [0.5, 0.6) is 0 Å². The highest BCUT2D eigenvalue weighted by Crippen LogP contribution is 2.30. The van der Waals surface area contributed by atoms with E-state index in [1.807, 2.05) is 23.1 Å². The summed E-state index contributed by atoms with van der Waals surface area (Å²) in [6.07, 6.45) is 6.08. The third kappa shape index (κ3) is 4.93. The molecule has 0 radical (unpaired) electrons. The number of nitrogens with one attached hydrogen (secondary N) is 3. The van der Waals surface area contributed by atoms with Gasteiger partial charge in [0.25, 0.3) is 11.5 Å². The van der Waals surface area contributed by atoms with E-state index in [4.69, 9.17) is 4.98 Å². The van der Waals surface area contributed by atoms with Crippen molar-refractivity contribution in [3.63, 3.8) is 0 Å². The molecule has 1 unspecified atom stereocenters. The van der Waals surface area contributed by atoms with Crippen molar-refractivity contribution in [2.24, 2.45) is 0 Å². The van der Waals surface area contributed by atoms with Crippen LogP contribution in [0.1, 0.15) is 47.7 Å². The summed E-state index contributed by atoms with van der Waals surface area (Å²) >= 11 is 1.68. The number of anilines is 1. The van der Waals surface area contributed by atoms with Gasteiger partial charge in [-0.1, -0.05) is 0 Å². The van der Waals surface area contributed by atoms with Crippen molar-refractivity contribution in [1.29, 1.82) is 0 Å². The summed E-state index contributed by atoms with van der Waals surface area (Å²) in [5.41, 5.74) is 5.53. The fourth-order valence-electron chi connectivity index (χ4n) is 5.58.